The van der Waals surface area contributed by atoms with Crippen LogP contribution in [0.25, 0.3) is 0 Å². The monoisotopic (exact) mass is 418 g/mol. The topological polar surface area (TPSA) is 105 Å². The molecule has 1 atom stereocenters. The molecule has 0 fully saturated rings. The van der Waals surface area contributed by atoms with E-state index in [0.29, 0.717) is 5.69 Å². The number of phenols is 1. The lowest BCUT2D eigenvalue weighted by Gasteiger charge is -2.16. The molecule has 7 heteroatoms. The maximum atomic E-state index is 12.7. The number of ether oxygens (including phenoxy) is 1. The van der Waals surface area contributed by atoms with Gasteiger partial charge in [-0.1, -0.05) is 54.6 Å². The molecule has 3 aromatic carbocycles. The van der Waals surface area contributed by atoms with Gasteiger partial charge in [0.25, 0.3) is 11.8 Å². The van der Waals surface area contributed by atoms with Crippen LogP contribution in [0.1, 0.15) is 39.2 Å². The number of phenolic OH excluding ortho intramolecular Hbond substituents is 1. The lowest BCUT2D eigenvalue weighted by molar-refractivity contribution is -0.119. The molecule has 0 aliphatic heterocycles. The van der Waals surface area contributed by atoms with E-state index in [2.05, 4.69) is 10.6 Å². The van der Waals surface area contributed by atoms with Gasteiger partial charge in [-0.15, -0.1) is 0 Å². The molecule has 0 spiro atoms. The first kappa shape index (κ1) is 21.6. The van der Waals surface area contributed by atoms with Crippen molar-refractivity contribution in [3.8, 4) is 5.75 Å². The molecule has 1 unspecified atom stereocenters. The first-order valence-electron chi connectivity index (χ1n) is 9.65. The third-order valence-corrected chi connectivity index (χ3v) is 4.55. The van der Waals surface area contributed by atoms with Crippen LogP contribution < -0.4 is 10.6 Å². The quantitative estimate of drug-likeness (QED) is 0.508. The third-order valence-electron chi connectivity index (χ3n) is 4.55. The van der Waals surface area contributed by atoms with E-state index in [1.54, 1.807) is 36.4 Å². The van der Waals surface area contributed by atoms with Crippen LogP contribution in [0.4, 0.5) is 5.69 Å². The highest BCUT2D eigenvalue weighted by Gasteiger charge is 2.17. The minimum atomic E-state index is -0.823. The summed E-state index contributed by atoms with van der Waals surface area (Å²) in [5, 5.41) is 15.2. The maximum Gasteiger partial charge on any atom is 0.342 e. The van der Waals surface area contributed by atoms with E-state index in [-0.39, 0.29) is 28.8 Å². The largest absolute Gasteiger partial charge is 0.507 e. The van der Waals surface area contributed by atoms with Crippen LogP contribution in [-0.4, -0.2) is 29.5 Å². The Morgan fingerprint density at radius 3 is 2.19 bits per heavy atom. The number of carbonyl (C=O) groups excluding carboxylic acids is 3. The van der Waals surface area contributed by atoms with Crippen LogP contribution in [0.5, 0.6) is 5.75 Å². The van der Waals surface area contributed by atoms with Crippen molar-refractivity contribution in [2.75, 3.05) is 11.9 Å². The van der Waals surface area contributed by atoms with Gasteiger partial charge in [-0.2, -0.15) is 0 Å². The molecule has 7 nitrogen and oxygen atoms in total. The molecule has 0 aliphatic rings. The summed E-state index contributed by atoms with van der Waals surface area (Å²) in [6.45, 7) is 1.30. The fraction of sp³-hybridized carbons (Fsp3) is 0.125. The van der Waals surface area contributed by atoms with Crippen molar-refractivity contribution >= 4 is 23.5 Å². The molecule has 3 rings (SSSR count). The normalized spacial score (nSPS) is 11.3. The molecule has 0 saturated carbocycles. The van der Waals surface area contributed by atoms with Crippen LogP contribution in [0.2, 0.25) is 0 Å². The van der Waals surface area contributed by atoms with E-state index in [1.807, 2.05) is 37.3 Å². The molecule has 0 heterocycles. The van der Waals surface area contributed by atoms with E-state index in [0.717, 1.165) is 5.56 Å². The summed E-state index contributed by atoms with van der Waals surface area (Å²) in [6, 6.07) is 21.7. The Kier molecular flexibility index (Phi) is 7.01. The Balaban J connectivity index is 1.62. The zero-order valence-corrected chi connectivity index (χ0v) is 16.9. The number of esters is 1. The van der Waals surface area contributed by atoms with Crippen molar-refractivity contribution in [3.63, 3.8) is 0 Å². The highest BCUT2D eigenvalue weighted by molar-refractivity contribution is 6.04. The summed E-state index contributed by atoms with van der Waals surface area (Å²) in [7, 11) is 0. The standard InChI is InChI=1S/C24H22N2O5/c1-16(17-9-3-2-4-10-17)25-23(29)18-11-5-7-13-20(18)26-22(28)15-31-24(30)19-12-6-8-14-21(19)27/h2-14,16,27H,15H2,1H3,(H,25,29)(H,26,28). The molecule has 0 bridgehead atoms. The number of amides is 2. The molecule has 2 amide bonds. The molecule has 0 saturated heterocycles. The molecule has 0 radical (unpaired) electrons. The minimum absolute atomic E-state index is 0.0371. The number of rotatable bonds is 7. The van der Waals surface area contributed by atoms with Gasteiger partial charge < -0.3 is 20.5 Å². The summed E-state index contributed by atoms with van der Waals surface area (Å²) in [5.74, 6) is -2.02. The number of carbonyl (C=O) groups is 3. The highest BCUT2D eigenvalue weighted by Crippen LogP contribution is 2.19. The second kappa shape index (κ2) is 10.1. The van der Waals surface area contributed by atoms with Crippen LogP contribution in [-0.2, 0) is 9.53 Å². The van der Waals surface area contributed by atoms with Crippen LogP contribution in [0.3, 0.4) is 0 Å². The Bertz CT molecular complexity index is 1080. The van der Waals surface area contributed by atoms with E-state index in [1.165, 1.54) is 12.1 Å². The van der Waals surface area contributed by atoms with Gasteiger partial charge in [0.15, 0.2) is 6.61 Å². The summed E-state index contributed by atoms with van der Waals surface area (Å²) < 4.78 is 4.95. The molecular formula is C24H22N2O5. The van der Waals surface area contributed by atoms with Gasteiger partial charge in [0.2, 0.25) is 0 Å². The first-order chi connectivity index (χ1) is 15.0. The van der Waals surface area contributed by atoms with Gasteiger partial charge >= 0.3 is 5.97 Å². The van der Waals surface area contributed by atoms with Crippen molar-refractivity contribution in [2.45, 2.75) is 13.0 Å². The van der Waals surface area contributed by atoms with Gasteiger partial charge in [0.1, 0.15) is 11.3 Å². The van der Waals surface area contributed by atoms with Gasteiger partial charge in [0, 0.05) is 0 Å². The number of para-hydroxylation sites is 2. The SMILES string of the molecule is CC(NC(=O)c1ccccc1NC(=O)COC(=O)c1ccccc1O)c1ccccc1. The predicted molar refractivity (Wildman–Crippen MR) is 116 cm³/mol. The average molecular weight is 418 g/mol. The molecule has 0 aromatic heterocycles. The van der Waals surface area contributed by atoms with Crippen molar-refractivity contribution in [2.24, 2.45) is 0 Å². The number of benzene rings is 3. The Morgan fingerprint density at radius 2 is 1.48 bits per heavy atom. The lowest BCUT2D eigenvalue weighted by atomic mass is 10.1. The van der Waals surface area contributed by atoms with Crippen molar-refractivity contribution in [1.29, 1.82) is 0 Å². The number of anilines is 1. The summed E-state index contributed by atoms with van der Waals surface area (Å²) in [5.41, 5.74) is 1.49. The number of hydrogen-bond donors (Lipinski definition) is 3. The van der Waals surface area contributed by atoms with E-state index in [9.17, 15) is 19.5 Å². The van der Waals surface area contributed by atoms with Crippen molar-refractivity contribution < 1.29 is 24.2 Å². The molecular weight excluding hydrogens is 396 g/mol. The highest BCUT2D eigenvalue weighted by atomic mass is 16.5. The Labute approximate surface area is 179 Å². The van der Waals surface area contributed by atoms with Gasteiger partial charge in [-0.05, 0) is 36.8 Å². The van der Waals surface area contributed by atoms with Gasteiger partial charge in [-0.25, -0.2) is 4.79 Å². The zero-order valence-electron chi connectivity index (χ0n) is 16.9. The number of nitrogens with one attached hydrogen (secondary N) is 2. The molecule has 0 aliphatic carbocycles. The van der Waals surface area contributed by atoms with E-state index in [4.69, 9.17) is 4.74 Å². The van der Waals surface area contributed by atoms with Crippen molar-refractivity contribution in [3.05, 3.63) is 95.6 Å². The molecule has 31 heavy (non-hydrogen) atoms. The number of hydrogen-bond acceptors (Lipinski definition) is 5. The number of aromatic hydroxyl groups is 1. The fourth-order valence-electron chi connectivity index (χ4n) is 2.93. The molecule has 158 valence electrons. The minimum Gasteiger partial charge on any atom is -0.507 e. The zero-order chi connectivity index (χ0) is 22.2. The van der Waals surface area contributed by atoms with Gasteiger partial charge in [-0.3, -0.25) is 9.59 Å². The van der Waals surface area contributed by atoms with Crippen LogP contribution in [0, 0.1) is 0 Å². The first-order valence-corrected chi connectivity index (χ1v) is 9.65. The Hall–Kier alpha value is -4.13. The van der Waals surface area contributed by atoms with Gasteiger partial charge in [0.05, 0.1) is 17.3 Å². The smallest absolute Gasteiger partial charge is 0.342 e. The molecule has 3 aromatic rings. The fourth-order valence-corrected chi connectivity index (χ4v) is 2.93. The summed E-state index contributed by atoms with van der Waals surface area (Å²) in [6.07, 6.45) is 0. The lowest BCUT2D eigenvalue weighted by Crippen LogP contribution is -2.28. The average Bonchev–Trinajstić information content (AvgIpc) is 2.78. The third kappa shape index (κ3) is 5.70. The van der Waals surface area contributed by atoms with Crippen LogP contribution >= 0.6 is 0 Å². The van der Waals surface area contributed by atoms with Crippen LogP contribution in [0.15, 0.2) is 78.9 Å². The second-order valence-electron chi connectivity index (χ2n) is 6.79. The van der Waals surface area contributed by atoms with E-state index < -0.39 is 18.5 Å². The summed E-state index contributed by atoms with van der Waals surface area (Å²) >= 11 is 0. The second-order valence-corrected chi connectivity index (χ2v) is 6.79. The molecule has 3 N–H and O–H groups in total. The predicted octanol–water partition coefficient (Wildman–Crippen LogP) is 3.68. The van der Waals surface area contributed by atoms with Crippen molar-refractivity contribution in [1.82, 2.24) is 5.32 Å². The summed E-state index contributed by atoms with van der Waals surface area (Å²) in [4.78, 5) is 37.0. The Morgan fingerprint density at radius 1 is 0.871 bits per heavy atom. The maximum absolute atomic E-state index is 12.7. The van der Waals surface area contributed by atoms with E-state index >= 15 is 0 Å².